The maximum atomic E-state index is 12.3. The average molecular weight is 222 g/mol. The van der Waals surface area contributed by atoms with E-state index in [1.165, 1.54) is 0 Å². The molecule has 0 fully saturated rings. The predicted octanol–water partition coefficient (Wildman–Crippen LogP) is 3.97. The molecule has 2 aromatic rings. The highest BCUT2D eigenvalue weighted by molar-refractivity contribution is 6.28. The first-order chi connectivity index (χ1) is 8.33. The Bertz CT molecular complexity index is 524. The summed E-state index contributed by atoms with van der Waals surface area (Å²) in [6.07, 6.45) is 1.87. The van der Waals surface area contributed by atoms with Crippen LogP contribution in [0.4, 0.5) is 0 Å². The van der Waals surface area contributed by atoms with Crippen molar-refractivity contribution < 1.29 is 4.79 Å². The van der Waals surface area contributed by atoms with E-state index in [-0.39, 0.29) is 5.78 Å². The lowest BCUT2D eigenvalue weighted by atomic mass is 9.97. The molecule has 17 heavy (non-hydrogen) atoms. The van der Waals surface area contributed by atoms with Crippen LogP contribution in [0.25, 0.3) is 5.57 Å². The topological polar surface area (TPSA) is 17.1 Å². The van der Waals surface area contributed by atoms with Crippen molar-refractivity contribution in [3.8, 4) is 0 Å². The number of hydrogen-bond donors (Lipinski definition) is 0. The van der Waals surface area contributed by atoms with Crippen LogP contribution in [0.5, 0.6) is 0 Å². The van der Waals surface area contributed by atoms with Gasteiger partial charge in [-0.1, -0.05) is 66.7 Å². The Morgan fingerprint density at radius 2 is 1.29 bits per heavy atom. The Hall–Kier alpha value is -2.15. The summed E-state index contributed by atoms with van der Waals surface area (Å²) in [6, 6.07) is 19.1. The number of allylic oxidation sites excluding steroid dienone is 2. The summed E-state index contributed by atoms with van der Waals surface area (Å²) >= 11 is 0. The summed E-state index contributed by atoms with van der Waals surface area (Å²) in [5, 5.41) is 0. The molecule has 0 spiro atoms. The monoisotopic (exact) mass is 222 g/mol. The Labute approximate surface area is 101 Å². The van der Waals surface area contributed by atoms with Crippen LogP contribution in [0.2, 0.25) is 0 Å². The number of Topliss-reactive ketones (excluding diaryl/α,β-unsaturated/α-hetero) is 1. The molecule has 0 aromatic heterocycles. The molecule has 0 saturated heterocycles. The van der Waals surface area contributed by atoms with Crippen molar-refractivity contribution in [2.45, 2.75) is 6.92 Å². The smallest absolute Gasteiger partial charge is 0.193 e. The van der Waals surface area contributed by atoms with Gasteiger partial charge in [0.05, 0.1) is 0 Å². The average Bonchev–Trinajstić information content (AvgIpc) is 2.42. The third-order valence-electron chi connectivity index (χ3n) is 2.65. The van der Waals surface area contributed by atoms with Gasteiger partial charge in [0.1, 0.15) is 0 Å². The first-order valence-electron chi connectivity index (χ1n) is 5.64. The van der Waals surface area contributed by atoms with Crippen LogP contribution in [-0.4, -0.2) is 5.78 Å². The Balaban J connectivity index is 2.37. The molecule has 1 heteroatoms. The molecule has 0 aliphatic rings. The van der Waals surface area contributed by atoms with E-state index in [1.54, 1.807) is 0 Å². The SMILES string of the molecule is C/C=C(\C(=O)c1ccccc1)c1ccccc1. The lowest BCUT2D eigenvalue weighted by molar-refractivity contribution is 0.105. The second-order valence-electron chi connectivity index (χ2n) is 3.76. The van der Waals surface area contributed by atoms with Crippen LogP contribution in [0.1, 0.15) is 22.8 Å². The minimum Gasteiger partial charge on any atom is -0.289 e. The standard InChI is InChI=1S/C16H14O/c1-2-15(13-9-5-3-6-10-13)16(17)14-11-7-4-8-12-14/h2-12H,1H3/b15-2-. The molecule has 2 rings (SSSR count). The van der Waals surface area contributed by atoms with E-state index in [0.717, 1.165) is 16.7 Å². The molecule has 0 bridgehead atoms. The first kappa shape index (κ1) is 11.3. The molecule has 0 heterocycles. The van der Waals surface area contributed by atoms with E-state index >= 15 is 0 Å². The van der Waals surface area contributed by atoms with Crippen molar-refractivity contribution in [2.75, 3.05) is 0 Å². The van der Waals surface area contributed by atoms with Gasteiger partial charge in [-0.2, -0.15) is 0 Å². The fourth-order valence-corrected chi connectivity index (χ4v) is 1.79. The van der Waals surface area contributed by atoms with Gasteiger partial charge in [0.25, 0.3) is 0 Å². The molecule has 0 aliphatic heterocycles. The normalized spacial score (nSPS) is 11.2. The quantitative estimate of drug-likeness (QED) is 0.567. The van der Waals surface area contributed by atoms with Gasteiger partial charge in [0.15, 0.2) is 5.78 Å². The molecule has 0 saturated carbocycles. The number of ketones is 1. The highest BCUT2D eigenvalue weighted by atomic mass is 16.1. The highest BCUT2D eigenvalue weighted by Crippen LogP contribution is 2.19. The van der Waals surface area contributed by atoms with E-state index in [2.05, 4.69) is 0 Å². The summed E-state index contributed by atoms with van der Waals surface area (Å²) in [4.78, 5) is 12.3. The van der Waals surface area contributed by atoms with E-state index < -0.39 is 0 Å². The minimum atomic E-state index is 0.0688. The lowest BCUT2D eigenvalue weighted by Crippen LogP contribution is -2.02. The Kier molecular flexibility index (Phi) is 3.51. The summed E-state index contributed by atoms with van der Waals surface area (Å²) in [6.45, 7) is 1.89. The molecule has 0 radical (unpaired) electrons. The number of rotatable bonds is 3. The van der Waals surface area contributed by atoms with Gasteiger partial charge in [-0.15, -0.1) is 0 Å². The van der Waals surface area contributed by atoms with Crippen LogP contribution < -0.4 is 0 Å². The fourth-order valence-electron chi connectivity index (χ4n) is 1.79. The maximum Gasteiger partial charge on any atom is 0.193 e. The molecule has 0 atom stereocenters. The molecule has 0 aliphatic carbocycles. The molecular formula is C16H14O. The maximum absolute atomic E-state index is 12.3. The van der Waals surface area contributed by atoms with E-state index in [9.17, 15) is 4.79 Å². The number of carbonyl (C=O) groups excluding carboxylic acids is 1. The van der Waals surface area contributed by atoms with E-state index in [1.807, 2.05) is 73.7 Å². The van der Waals surface area contributed by atoms with Gasteiger partial charge >= 0.3 is 0 Å². The van der Waals surface area contributed by atoms with Crippen molar-refractivity contribution >= 4 is 11.4 Å². The molecule has 0 N–H and O–H groups in total. The number of hydrogen-bond acceptors (Lipinski definition) is 1. The van der Waals surface area contributed by atoms with Gasteiger partial charge in [-0.05, 0) is 12.5 Å². The Morgan fingerprint density at radius 1 is 0.824 bits per heavy atom. The van der Waals surface area contributed by atoms with Crippen molar-refractivity contribution in [1.82, 2.24) is 0 Å². The van der Waals surface area contributed by atoms with Crippen molar-refractivity contribution in [3.63, 3.8) is 0 Å². The summed E-state index contributed by atoms with van der Waals surface area (Å²) in [7, 11) is 0. The van der Waals surface area contributed by atoms with Crippen LogP contribution in [0, 0.1) is 0 Å². The lowest BCUT2D eigenvalue weighted by Gasteiger charge is -2.06. The zero-order chi connectivity index (χ0) is 12.1. The van der Waals surface area contributed by atoms with Crippen molar-refractivity contribution in [2.24, 2.45) is 0 Å². The molecular weight excluding hydrogens is 208 g/mol. The van der Waals surface area contributed by atoms with Gasteiger partial charge in [-0.25, -0.2) is 0 Å². The predicted molar refractivity (Wildman–Crippen MR) is 70.9 cm³/mol. The molecule has 84 valence electrons. The van der Waals surface area contributed by atoms with Crippen LogP contribution in [0.3, 0.4) is 0 Å². The molecule has 2 aromatic carbocycles. The molecule has 0 amide bonds. The molecule has 1 nitrogen and oxygen atoms in total. The fraction of sp³-hybridized carbons (Fsp3) is 0.0625. The van der Waals surface area contributed by atoms with Crippen LogP contribution in [-0.2, 0) is 0 Å². The summed E-state index contributed by atoms with van der Waals surface area (Å²) in [5.41, 5.74) is 2.44. The van der Waals surface area contributed by atoms with Crippen LogP contribution >= 0.6 is 0 Å². The van der Waals surface area contributed by atoms with Crippen molar-refractivity contribution in [1.29, 1.82) is 0 Å². The van der Waals surface area contributed by atoms with E-state index in [0.29, 0.717) is 0 Å². The van der Waals surface area contributed by atoms with Gasteiger partial charge in [0.2, 0.25) is 0 Å². The second kappa shape index (κ2) is 5.26. The van der Waals surface area contributed by atoms with Crippen LogP contribution in [0.15, 0.2) is 66.7 Å². The minimum absolute atomic E-state index is 0.0688. The summed E-state index contributed by atoms with van der Waals surface area (Å²) in [5.74, 6) is 0.0688. The Morgan fingerprint density at radius 3 is 1.76 bits per heavy atom. The first-order valence-corrected chi connectivity index (χ1v) is 5.64. The van der Waals surface area contributed by atoms with Crippen molar-refractivity contribution in [3.05, 3.63) is 77.9 Å². The van der Waals surface area contributed by atoms with Gasteiger partial charge < -0.3 is 0 Å². The third kappa shape index (κ3) is 2.51. The largest absolute Gasteiger partial charge is 0.289 e. The third-order valence-corrected chi connectivity index (χ3v) is 2.65. The number of benzene rings is 2. The number of carbonyl (C=O) groups is 1. The van der Waals surface area contributed by atoms with Gasteiger partial charge in [0, 0.05) is 11.1 Å². The zero-order valence-electron chi connectivity index (χ0n) is 9.76. The zero-order valence-corrected chi connectivity index (χ0v) is 9.76. The second-order valence-corrected chi connectivity index (χ2v) is 3.76. The molecule has 0 unspecified atom stereocenters. The summed E-state index contributed by atoms with van der Waals surface area (Å²) < 4.78 is 0. The van der Waals surface area contributed by atoms with E-state index in [4.69, 9.17) is 0 Å². The van der Waals surface area contributed by atoms with Gasteiger partial charge in [-0.3, -0.25) is 4.79 Å². The highest BCUT2D eigenvalue weighted by Gasteiger charge is 2.12.